The molecule has 0 fully saturated rings. The van der Waals surface area contributed by atoms with Crippen LogP contribution in [-0.4, -0.2) is 5.78 Å². The van der Waals surface area contributed by atoms with Gasteiger partial charge in [-0.15, -0.1) is 0 Å². The molecule has 0 amide bonds. The highest BCUT2D eigenvalue weighted by Gasteiger charge is 2.16. The van der Waals surface area contributed by atoms with Crippen molar-refractivity contribution in [3.63, 3.8) is 0 Å². The maximum absolute atomic E-state index is 13.2. The van der Waals surface area contributed by atoms with Crippen LogP contribution >= 0.6 is 27.5 Å². The molecule has 0 N–H and O–H groups in total. The van der Waals surface area contributed by atoms with Crippen molar-refractivity contribution in [1.29, 1.82) is 0 Å². The van der Waals surface area contributed by atoms with E-state index in [9.17, 15) is 9.18 Å². The normalized spacial score (nSPS) is 10.4. The minimum absolute atomic E-state index is 0.279. The quantitative estimate of drug-likeness (QED) is 0.725. The minimum Gasteiger partial charge on any atom is -0.289 e. The average Bonchev–Trinajstić information content (AvgIpc) is 2.34. The summed E-state index contributed by atoms with van der Waals surface area (Å²) in [6, 6.07) is 9.15. The molecule has 0 unspecified atom stereocenters. The lowest BCUT2D eigenvalue weighted by Gasteiger charge is -2.07. The summed E-state index contributed by atoms with van der Waals surface area (Å²) in [6.07, 6.45) is 0. The summed E-state index contributed by atoms with van der Waals surface area (Å²) in [7, 11) is 0. The predicted molar refractivity (Wildman–Crippen MR) is 73.7 cm³/mol. The Kier molecular flexibility index (Phi) is 3.83. The highest BCUT2D eigenvalue weighted by atomic mass is 79.9. The standard InChI is InChI=1S/C14H9BrClFO/c1-8-2-4-10(17)7-11(8)14(18)12-6-9(15)3-5-13(12)16/h2-7H,1H3. The first kappa shape index (κ1) is 13.2. The SMILES string of the molecule is Cc1ccc(F)cc1C(=O)c1cc(Br)ccc1Cl. The van der Waals surface area contributed by atoms with Gasteiger partial charge in [0.1, 0.15) is 5.82 Å². The third kappa shape index (κ3) is 2.62. The number of halogens is 3. The van der Waals surface area contributed by atoms with Gasteiger partial charge in [0.05, 0.1) is 5.02 Å². The molecule has 2 aromatic rings. The first-order chi connectivity index (χ1) is 8.49. The van der Waals surface area contributed by atoms with E-state index >= 15 is 0 Å². The lowest BCUT2D eigenvalue weighted by molar-refractivity contribution is 0.103. The Morgan fingerprint density at radius 1 is 1.17 bits per heavy atom. The van der Waals surface area contributed by atoms with Gasteiger partial charge >= 0.3 is 0 Å². The zero-order valence-electron chi connectivity index (χ0n) is 9.51. The van der Waals surface area contributed by atoms with Crippen LogP contribution in [0.4, 0.5) is 4.39 Å². The molecule has 0 saturated carbocycles. The highest BCUT2D eigenvalue weighted by molar-refractivity contribution is 9.10. The Bertz CT molecular complexity index is 572. The van der Waals surface area contributed by atoms with Crippen molar-refractivity contribution in [2.45, 2.75) is 6.92 Å². The van der Waals surface area contributed by atoms with Crippen molar-refractivity contribution < 1.29 is 9.18 Å². The van der Waals surface area contributed by atoms with Crippen LogP contribution in [0.3, 0.4) is 0 Å². The lowest BCUT2D eigenvalue weighted by Crippen LogP contribution is -2.05. The number of rotatable bonds is 2. The first-order valence-corrected chi connectivity index (χ1v) is 6.42. The molecule has 18 heavy (non-hydrogen) atoms. The molecule has 0 aliphatic rings. The van der Waals surface area contributed by atoms with Crippen LogP contribution in [0.5, 0.6) is 0 Å². The van der Waals surface area contributed by atoms with Crippen LogP contribution in [0.25, 0.3) is 0 Å². The zero-order valence-corrected chi connectivity index (χ0v) is 11.8. The number of benzene rings is 2. The molecule has 0 radical (unpaired) electrons. The van der Waals surface area contributed by atoms with Crippen molar-refractivity contribution in [3.8, 4) is 0 Å². The summed E-state index contributed by atoms with van der Waals surface area (Å²) in [5.74, 6) is -0.714. The Hall–Kier alpha value is -1.19. The van der Waals surface area contributed by atoms with E-state index in [4.69, 9.17) is 11.6 Å². The molecule has 0 atom stereocenters. The van der Waals surface area contributed by atoms with E-state index in [1.165, 1.54) is 12.1 Å². The third-order valence-electron chi connectivity index (χ3n) is 2.62. The van der Waals surface area contributed by atoms with Gasteiger partial charge in [-0.05, 0) is 42.8 Å². The van der Waals surface area contributed by atoms with Crippen molar-refractivity contribution >= 4 is 33.3 Å². The highest BCUT2D eigenvalue weighted by Crippen LogP contribution is 2.25. The minimum atomic E-state index is -0.435. The monoisotopic (exact) mass is 326 g/mol. The number of aryl methyl sites for hydroxylation is 1. The van der Waals surface area contributed by atoms with Gasteiger partial charge < -0.3 is 0 Å². The Morgan fingerprint density at radius 2 is 1.89 bits per heavy atom. The van der Waals surface area contributed by atoms with Gasteiger partial charge in [-0.1, -0.05) is 33.6 Å². The topological polar surface area (TPSA) is 17.1 Å². The predicted octanol–water partition coefficient (Wildman–Crippen LogP) is 4.78. The molecule has 0 aromatic heterocycles. The maximum atomic E-state index is 13.2. The second-order valence-electron chi connectivity index (χ2n) is 3.91. The zero-order chi connectivity index (χ0) is 13.3. The summed E-state index contributed by atoms with van der Waals surface area (Å²) in [5, 5.41) is 0.354. The van der Waals surface area contributed by atoms with E-state index in [0.29, 0.717) is 16.1 Å². The summed E-state index contributed by atoms with van der Waals surface area (Å²) < 4.78 is 14.0. The molecule has 0 spiro atoms. The second kappa shape index (κ2) is 5.21. The van der Waals surface area contributed by atoms with Crippen molar-refractivity contribution in [3.05, 3.63) is 68.4 Å². The van der Waals surface area contributed by atoms with Gasteiger partial charge in [-0.2, -0.15) is 0 Å². The number of carbonyl (C=O) groups excluding carboxylic acids is 1. The molecule has 1 nitrogen and oxygen atoms in total. The van der Waals surface area contributed by atoms with Gasteiger partial charge in [-0.25, -0.2) is 4.39 Å². The van der Waals surface area contributed by atoms with Gasteiger partial charge in [0.2, 0.25) is 0 Å². The van der Waals surface area contributed by atoms with E-state index in [0.717, 1.165) is 10.0 Å². The fraction of sp³-hybridized carbons (Fsp3) is 0.0714. The van der Waals surface area contributed by atoms with E-state index in [1.54, 1.807) is 31.2 Å². The van der Waals surface area contributed by atoms with Crippen LogP contribution in [-0.2, 0) is 0 Å². The van der Waals surface area contributed by atoms with Crippen molar-refractivity contribution in [2.75, 3.05) is 0 Å². The number of ketones is 1. The van der Waals surface area contributed by atoms with Crippen molar-refractivity contribution in [1.82, 2.24) is 0 Å². The molecular formula is C14H9BrClFO. The first-order valence-electron chi connectivity index (χ1n) is 5.25. The van der Waals surface area contributed by atoms with E-state index in [1.807, 2.05) is 0 Å². The molecule has 0 aliphatic carbocycles. The summed E-state index contributed by atoms with van der Waals surface area (Å²) in [6.45, 7) is 1.76. The van der Waals surface area contributed by atoms with Crippen LogP contribution < -0.4 is 0 Å². The fourth-order valence-corrected chi connectivity index (χ4v) is 2.22. The summed E-state index contributed by atoms with van der Waals surface area (Å²) in [4.78, 5) is 12.3. The fourth-order valence-electron chi connectivity index (χ4n) is 1.66. The number of hydrogen-bond donors (Lipinski definition) is 0. The largest absolute Gasteiger partial charge is 0.289 e. The second-order valence-corrected chi connectivity index (χ2v) is 5.24. The molecule has 92 valence electrons. The van der Waals surface area contributed by atoms with E-state index in [2.05, 4.69) is 15.9 Å². The van der Waals surface area contributed by atoms with Crippen molar-refractivity contribution in [2.24, 2.45) is 0 Å². The van der Waals surface area contributed by atoms with Gasteiger partial charge in [-0.3, -0.25) is 4.79 Å². The average molecular weight is 328 g/mol. The smallest absolute Gasteiger partial charge is 0.194 e. The Balaban J connectivity index is 2.54. The molecular weight excluding hydrogens is 319 g/mol. The Morgan fingerprint density at radius 3 is 2.61 bits per heavy atom. The van der Waals surface area contributed by atoms with Gasteiger partial charge in [0.25, 0.3) is 0 Å². The van der Waals surface area contributed by atoms with Gasteiger partial charge in [0, 0.05) is 15.6 Å². The third-order valence-corrected chi connectivity index (χ3v) is 3.44. The molecule has 0 heterocycles. The van der Waals surface area contributed by atoms with Crippen LogP contribution in [0.2, 0.25) is 5.02 Å². The van der Waals surface area contributed by atoms with E-state index < -0.39 is 5.82 Å². The van der Waals surface area contributed by atoms with Crippen LogP contribution in [0, 0.1) is 12.7 Å². The lowest BCUT2D eigenvalue weighted by atomic mass is 9.99. The molecule has 4 heteroatoms. The molecule has 0 bridgehead atoms. The van der Waals surface area contributed by atoms with Gasteiger partial charge in [0.15, 0.2) is 5.78 Å². The summed E-state index contributed by atoms with van der Waals surface area (Å²) >= 11 is 9.28. The Labute approximate surface area is 118 Å². The molecule has 0 saturated heterocycles. The maximum Gasteiger partial charge on any atom is 0.194 e. The molecule has 0 aliphatic heterocycles. The van der Waals surface area contributed by atoms with Crippen LogP contribution in [0.15, 0.2) is 40.9 Å². The summed E-state index contributed by atoms with van der Waals surface area (Å²) in [5.41, 5.74) is 1.41. The van der Waals surface area contributed by atoms with E-state index in [-0.39, 0.29) is 5.78 Å². The number of carbonyl (C=O) groups is 1. The molecule has 2 rings (SSSR count). The molecule has 2 aromatic carbocycles. The number of hydrogen-bond acceptors (Lipinski definition) is 1. The van der Waals surface area contributed by atoms with Crippen LogP contribution in [0.1, 0.15) is 21.5 Å².